The molecular formula is C40H80ClNO4. The smallest absolute Gasteiger partial charge is 0.206 e. The zero-order valence-electron chi connectivity index (χ0n) is 31.7. The lowest BCUT2D eigenvalue weighted by atomic mass is 9.93. The van der Waals surface area contributed by atoms with Crippen LogP contribution in [0.15, 0.2) is 0 Å². The molecule has 2 N–H and O–H groups in total. The van der Waals surface area contributed by atoms with Crippen LogP contribution in [0.3, 0.4) is 0 Å². The van der Waals surface area contributed by atoms with Crippen molar-refractivity contribution < 1.29 is 36.7 Å². The first-order valence-electron chi connectivity index (χ1n) is 19.7. The number of nitrogens with zero attached hydrogens (tertiary/aromatic N) is 1. The van der Waals surface area contributed by atoms with Gasteiger partial charge in [0.1, 0.15) is 11.6 Å². The Morgan fingerprint density at radius 3 is 0.848 bits per heavy atom. The van der Waals surface area contributed by atoms with Crippen molar-refractivity contribution in [2.75, 3.05) is 14.1 Å². The van der Waals surface area contributed by atoms with E-state index in [-0.39, 0.29) is 41.3 Å². The third kappa shape index (κ3) is 23.8. The molecule has 0 bridgehead atoms. The van der Waals surface area contributed by atoms with Crippen LogP contribution >= 0.6 is 0 Å². The first-order chi connectivity index (χ1) is 21.4. The van der Waals surface area contributed by atoms with Gasteiger partial charge >= 0.3 is 0 Å². The highest BCUT2D eigenvalue weighted by atomic mass is 35.5. The van der Waals surface area contributed by atoms with E-state index in [4.69, 9.17) is 0 Å². The zero-order valence-corrected chi connectivity index (χ0v) is 32.5. The Morgan fingerprint density at radius 2 is 0.630 bits per heavy atom. The van der Waals surface area contributed by atoms with E-state index < -0.39 is 11.4 Å². The summed E-state index contributed by atoms with van der Waals surface area (Å²) in [4.78, 5) is 25.6. The van der Waals surface area contributed by atoms with Gasteiger partial charge in [-0.2, -0.15) is 0 Å². The molecule has 5 nitrogen and oxygen atoms in total. The maximum atomic E-state index is 12.8. The molecule has 0 saturated carbocycles. The number of Topliss-reactive ketones (excluding diaryl/α,β-unsaturated/α-hetero) is 2. The molecule has 0 aliphatic rings. The Kier molecular flexibility index (Phi) is 30.5. The van der Waals surface area contributed by atoms with Gasteiger partial charge in [0.2, 0.25) is 11.4 Å². The lowest BCUT2D eigenvalue weighted by Gasteiger charge is -2.50. The second-order valence-corrected chi connectivity index (χ2v) is 15.3. The first kappa shape index (κ1) is 47.6. The van der Waals surface area contributed by atoms with Crippen LogP contribution in [0.1, 0.15) is 220 Å². The number of unbranched alkanes of at least 4 members (excludes halogenated alkanes) is 24. The molecule has 276 valence electrons. The van der Waals surface area contributed by atoms with E-state index in [9.17, 15) is 19.8 Å². The minimum atomic E-state index is -1.45. The summed E-state index contributed by atoms with van der Waals surface area (Å²) in [6, 6.07) is 0. The average molecular weight is 675 g/mol. The molecule has 0 aromatic rings. The number of hydrogen-bond acceptors (Lipinski definition) is 4. The molecule has 2 atom stereocenters. The third-order valence-corrected chi connectivity index (χ3v) is 10.6. The molecule has 46 heavy (non-hydrogen) atoms. The fourth-order valence-electron chi connectivity index (χ4n) is 6.52. The number of carbonyl (C=O) groups is 2. The van der Waals surface area contributed by atoms with Gasteiger partial charge in [-0.25, -0.2) is 0 Å². The molecule has 0 spiro atoms. The molecule has 0 fully saturated rings. The lowest BCUT2D eigenvalue weighted by molar-refractivity contribution is -1.03. The summed E-state index contributed by atoms with van der Waals surface area (Å²) in [5.41, 5.74) is -2.90. The van der Waals surface area contributed by atoms with Crippen LogP contribution < -0.4 is 12.4 Å². The van der Waals surface area contributed by atoms with Crippen molar-refractivity contribution >= 4 is 11.6 Å². The molecule has 0 aliphatic carbocycles. The fraction of sp³-hybridized carbons (Fsp3) is 0.950. The van der Waals surface area contributed by atoms with E-state index in [2.05, 4.69) is 13.8 Å². The predicted octanol–water partition coefficient (Wildman–Crippen LogP) is 8.36. The quantitative estimate of drug-likeness (QED) is 0.0409. The van der Waals surface area contributed by atoms with Gasteiger partial charge in [0.15, 0.2) is 0 Å². The van der Waals surface area contributed by atoms with E-state index in [0.717, 1.165) is 38.5 Å². The van der Waals surface area contributed by atoms with Crippen LogP contribution in [0.2, 0.25) is 0 Å². The topological polar surface area (TPSA) is 74.6 Å². The van der Waals surface area contributed by atoms with Crippen LogP contribution in [0.25, 0.3) is 0 Å². The van der Waals surface area contributed by atoms with Crippen LogP contribution in [-0.2, 0) is 9.59 Å². The fourth-order valence-corrected chi connectivity index (χ4v) is 6.52. The summed E-state index contributed by atoms with van der Waals surface area (Å²) >= 11 is 0. The van der Waals surface area contributed by atoms with Gasteiger partial charge in [0.05, 0.1) is 26.9 Å². The van der Waals surface area contributed by atoms with Crippen molar-refractivity contribution in [2.45, 2.75) is 232 Å². The number of hydrogen-bond donors (Lipinski definition) is 2. The number of aliphatic hydroxyl groups is 2. The molecule has 6 heteroatoms. The van der Waals surface area contributed by atoms with Crippen LogP contribution in [0.4, 0.5) is 0 Å². The Hall–Kier alpha value is -0.490. The Bertz CT molecular complexity index is 664. The molecule has 0 radical (unpaired) electrons. The molecule has 0 aliphatic heterocycles. The molecule has 0 amide bonds. The Balaban J connectivity index is 0. The van der Waals surface area contributed by atoms with Crippen molar-refractivity contribution in [3.63, 3.8) is 0 Å². The third-order valence-electron chi connectivity index (χ3n) is 10.6. The number of halogens is 1. The molecule has 2 unspecified atom stereocenters. The summed E-state index contributed by atoms with van der Waals surface area (Å²) in [5.74, 6) is 0.0618. The Labute approximate surface area is 293 Å². The van der Waals surface area contributed by atoms with Crippen molar-refractivity contribution in [1.82, 2.24) is 0 Å². The van der Waals surface area contributed by atoms with Crippen molar-refractivity contribution in [2.24, 2.45) is 0 Å². The number of carbonyl (C=O) groups excluding carboxylic acids is 2. The second kappa shape index (κ2) is 29.4. The van der Waals surface area contributed by atoms with Gasteiger partial charge < -0.3 is 22.6 Å². The minimum absolute atomic E-state index is 0. The first-order valence-corrected chi connectivity index (χ1v) is 19.7. The summed E-state index contributed by atoms with van der Waals surface area (Å²) in [6.45, 7) is 7.77. The number of ketones is 2. The van der Waals surface area contributed by atoms with E-state index in [1.165, 1.54) is 128 Å². The monoisotopic (exact) mass is 674 g/mol. The summed E-state index contributed by atoms with van der Waals surface area (Å²) in [6.07, 6.45) is 33.9. The SMILES string of the molecule is CCCCCCCCCCCCCCCC(=O)CC(C)(O)[N+](C)(C)C(C)(O)CC(=O)CCCCCCCCCCCCCCC.[Cl-]. The second-order valence-electron chi connectivity index (χ2n) is 15.3. The highest BCUT2D eigenvalue weighted by molar-refractivity contribution is 5.79. The molecule has 0 aromatic carbocycles. The summed E-state index contributed by atoms with van der Waals surface area (Å²) in [7, 11) is 3.47. The highest BCUT2D eigenvalue weighted by Gasteiger charge is 2.53. The normalized spacial score (nSPS) is 14.4. The predicted molar refractivity (Wildman–Crippen MR) is 193 cm³/mol. The van der Waals surface area contributed by atoms with Gasteiger partial charge in [0, 0.05) is 26.7 Å². The summed E-state index contributed by atoms with van der Waals surface area (Å²) < 4.78 is -0.200. The van der Waals surface area contributed by atoms with Gasteiger partial charge in [-0.3, -0.25) is 14.1 Å². The van der Waals surface area contributed by atoms with Gasteiger partial charge in [0.25, 0.3) is 0 Å². The number of quaternary nitrogens is 1. The molecular weight excluding hydrogens is 594 g/mol. The molecule has 0 saturated heterocycles. The molecule has 0 rings (SSSR count). The number of rotatable bonds is 34. The van der Waals surface area contributed by atoms with Gasteiger partial charge in [-0.1, -0.05) is 168 Å². The minimum Gasteiger partial charge on any atom is -1.00 e. The van der Waals surface area contributed by atoms with E-state index in [1.54, 1.807) is 27.9 Å². The standard InChI is InChI=1S/C40H80NO4.ClH/c1-7-9-11-13-15-17-19-21-23-25-27-29-31-33-37(42)35-39(3,44)41(5,6)40(4,45)36-38(43)34-32-30-28-26-24-22-20-18-16-14-12-10-8-2;/h44-45H,7-36H2,1-6H3;1H/q+1;/p-1. The van der Waals surface area contributed by atoms with E-state index >= 15 is 0 Å². The zero-order chi connectivity index (χ0) is 33.9. The maximum Gasteiger partial charge on any atom is 0.206 e. The van der Waals surface area contributed by atoms with Crippen molar-refractivity contribution in [3.8, 4) is 0 Å². The van der Waals surface area contributed by atoms with Crippen LogP contribution in [0.5, 0.6) is 0 Å². The van der Waals surface area contributed by atoms with Gasteiger partial charge in [-0.15, -0.1) is 0 Å². The van der Waals surface area contributed by atoms with Crippen LogP contribution in [-0.4, -0.2) is 51.8 Å². The molecule has 0 aromatic heterocycles. The average Bonchev–Trinajstić information content (AvgIpc) is 2.97. The van der Waals surface area contributed by atoms with E-state index in [1.807, 2.05) is 0 Å². The van der Waals surface area contributed by atoms with Gasteiger partial charge in [-0.05, 0) is 12.8 Å². The van der Waals surface area contributed by atoms with E-state index in [0.29, 0.717) is 12.8 Å². The van der Waals surface area contributed by atoms with Crippen molar-refractivity contribution in [3.05, 3.63) is 0 Å². The molecule has 0 heterocycles. The highest BCUT2D eigenvalue weighted by Crippen LogP contribution is 2.34. The van der Waals surface area contributed by atoms with Crippen molar-refractivity contribution in [1.29, 1.82) is 0 Å². The Morgan fingerprint density at radius 1 is 0.435 bits per heavy atom. The largest absolute Gasteiger partial charge is 1.00 e. The summed E-state index contributed by atoms with van der Waals surface area (Å²) in [5, 5.41) is 22.7. The van der Waals surface area contributed by atoms with Crippen LogP contribution in [0, 0.1) is 0 Å². The lowest BCUT2D eigenvalue weighted by Crippen LogP contribution is -3.00. The maximum absolute atomic E-state index is 12.8.